The Morgan fingerprint density at radius 1 is 1.09 bits per heavy atom. The van der Waals surface area contributed by atoms with Crippen LogP contribution in [0.3, 0.4) is 0 Å². The molecule has 0 atom stereocenters. The molecule has 0 bridgehead atoms. The van der Waals surface area contributed by atoms with E-state index >= 15 is 0 Å². The monoisotopic (exact) mass is 424 g/mol. The van der Waals surface area contributed by atoms with Gasteiger partial charge in [-0.1, -0.05) is 6.08 Å². The van der Waals surface area contributed by atoms with Crippen molar-refractivity contribution in [2.24, 2.45) is 0 Å². The van der Waals surface area contributed by atoms with Gasteiger partial charge in [0.05, 0.1) is 18.4 Å². The van der Waals surface area contributed by atoms with Crippen molar-refractivity contribution in [1.82, 2.24) is 29.8 Å². The fraction of sp³-hybridized carbons (Fsp3) is 0.160. The minimum Gasteiger partial charge on any atom is -0.346 e. The molecule has 6 rings (SSSR count). The lowest BCUT2D eigenvalue weighted by Gasteiger charge is -2.17. The summed E-state index contributed by atoms with van der Waals surface area (Å²) < 4.78 is 16.0. The van der Waals surface area contributed by atoms with Crippen LogP contribution in [0.15, 0.2) is 67.3 Å². The molecule has 0 radical (unpaired) electrons. The lowest BCUT2D eigenvalue weighted by Crippen LogP contribution is -2.22. The summed E-state index contributed by atoms with van der Waals surface area (Å²) in [6, 6.07) is 11.8. The first-order valence-electron chi connectivity index (χ1n) is 10.7. The molecule has 1 aliphatic rings. The minimum atomic E-state index is -0.337. The summed E-state index contributed by atoms with van der Waals surface area (Å²) in [6.45, 7) is 2.25. The highest BCUT2D eigenvalue weighted by Crippen LogP contribution is 2.33. The number of nitrogens with zero attached hydrogens (tertiary/aromatic N) is 4. The Morgan fingerprint density at radius 2 is 2.06 bits per heavy atom. The van der Waals surface area contributed by atoms with Crippen molar-refractivity contribution in [3.63, 3.8) is 0 Å². The van der Waals surface area contributed by atoms with Gasteiger partial charge in [0.2, 0.25) is 0 Å². The van der Waals surface area contributed by atoms with Crippen LogP contribution in [-0.2, 0) is 6.54 Å². The van der Waals surface area contributed by atoms with Crippen LogP contribution in [0.1, 0.15) is 17.7 Å². The smallest absolute Gasteiger partial charge is 0.141 e. The Bertz CT molecular complexity index is 1480. The van der Waals surface area contributed by atoms with Crippen LogP contribution in [-0.4, -0.2) is 37.6 Å². The molecule has 5 aromatic rings. The first kappa shape index (κ1) is 18.9. The molecule has 32 heavy (non-hydrogen) atoms. The van der Waals surface area contributed by atoms with Gasteiger partial charge in [0, 0.05) is 47.2 Å². The maximum absolute atomic E-state index is 13.8. The molecule has 158 valence electrons. The fourth-order valence-electron chi connectivity index (χ4n) is 4.44. The van der Waals surface area contributed by atoms with Crippen LogP contribution in [0.25, 0.3) is 38.9 Å². The van der Waals surface area contributed by atoms with E-state index in [0.717, 1.165) is 64.1 Å². The van der Waals surface area contributed by atoms with Gasteiger partial charge in [-0.25, -0.2) is 14.4 Å². The molecule has 7 heteroatoms. The number of H-pyrrole nitrogens is 1. The van der Waals surface area contributed by atoms with E-state index in [-0.39, 0.29) is 5.82 Å². The number of hydrogen-bond acceptors (Lipinski definition) is 4. The second kappa shape index (κ2) is 7.69. The number of rotatable bonds is 4. The number of aromatic nitrogens is 5. The van der Waals surface area contributed by atoms with Gasteiger partial charge in [-0.3, -0.25) is 4.98 Å². The lowest BCUT2D eigenvalue weighted by atomic mass is 10.1. The van der Waals surface area contributed by atoms with Gasteiger partial charge in [0.1, 0.15) is 17.1 Å². The third-order valence-electron chi connectivity index (χ3n) is 5.94. The zero-order valence-electron chi connectivity index (χ0n) is 17.3. The van der Waals surface area contributed by atoms with Gasteiger partial charge in [0.15, 0.2) is 0 Å². The van der Waals surface area contributed by atoms with Crippen molar-refractivity contribution in [3.05, 3.63) is 84.3 Å². The molecular weight excluding hydrogens is 403 g/mol. The molecule has 0 unspecified atom stereocenters. The van der Waals surface area contributed by atoms with Crippen LogP contribution in [0.4, 0.5) is 4.39 Å². The fourth-order valence-corrected chi connectivity index (χ4v) is 4.44. The number of halogens is 1. The predicted molar refractivity (Wildman–Crippen MR) is 124 cm³/mol. The molecule has 1 aliphatic heterocycles. The van der Waals surface area contributed by atoms with Crippen molar-refractivity contribution in [2.75, 3.05) is 13.1 Å². The summed E-state index contributed by atoms with van der Waals surface area (Å²) in [5.41, 5.74) is 6.71. The highest BCUT2D eigenvalue weighted by molar-refractivity contribution is 5.96. The molecule has 6 heterocycles. The quantitative estimate of drug-likeness (QED) is 0.444. The topological polar surface area (TPSA) is 71.4 Å². The number of hydrogen-bond donors (Lipinski definition) is 2. The largest absolute Gasteiger partial charge is 0.346 e. The highest BCUT2D eigenvalue weighted by atomic mass is 19.1. The van der Waals surface area contributed by atoms with Crippen molar-refractivity contribution in [1.29, 1.82) is 0 Å². The second-order valence-corrected chi connectivity index (χ2v) is 8.03. The Hall–Kier alpha value is -3.84. The molecule has 0 fully saturated rings. The molecule has 0 aromatic carbocycles. The summed E-state index contributed by atoms with van der Waals surface area (Å²) in [4.78, 5) is 16.8. The van der Waals surface area contributed by atoms with Crippen molar-refractivity contribution in [3.8, 4) is 11.3 Å². The van der Waals surface area contributed by atoms with E-state index in [1.165, 1.54) is 17.8 Å². The molecule has 0 amide bonds. The number of pyridine rings is 3. The van der Waals surface area contributed by atoms with Crippen molar-refractivity contribution < 1.29 is 4.39 Å². The van der Waals surface area contributed by atoms with Gasteiger partial charge in [-0.15, -0.1) is 0 Å². The number of fused-ring (bicyclic) bond motifs is 2. The van der Waals surface area contributed by atoms with Crippen LogP contribution in [0.2, 0.25) is 0 Å². The average Bonchev–Trinajstić information content (AvgIpc) is 3.44. The van der Waals surface area contributed by atoms with Crippen LogP contribution >= 0.6 is 0 Å². The third kappa shape index (κ3) is 3.27. The van der Waals surface area contributed by atoms with Crippen molar-refractivity contribution >= 4 is 27.6 Å². The van der Waals surface area contributed by atoms with Gasteiger partial charge in [-0.05, 0) is 60.5 Å². The van der Waals surface area contributed by atoms with E-state index in [0.29, 0.717) is 6.54 Å². The van der Waals surface area contributed by atoms with Crippen LogP contribution in [0, 0.1) is 5.82 Å². The van der Waals surface area contributed by atoms with Gasteiger partial charge >= 0.3 is 0 Å². The summed E-state index contributed by atoms with van der Waals surface area (Å²) in [6.07, 6.45) is 9.89. The molecule has 0 aliphatic carbocycles. The molecular formula is C25H21FN6. The normalized spacial score (nSPS) is 14.2. The SMILES string of the molecule is Fc1cncc(Cn2c(C3=CCCNC3)cc3c(-c4ccc5cc[nH]c5n4)ccnc32)c1. The zero-order chi connectivity index (χ0) is 21.5. The van der Waals surface area contributed by atoms with Crippen LogP contribution in [0.5, 0.6) is 0 Å². The Morgan fingerprint density at radius 3 is 2.94 bits per heavy atom. The first-order valence-corrected chi connectivity index (χ1v) is 10.7. The Labute approximate surface area is 183 Å². The van der Waals surface area contributed by atoms with E-state index in [1.54, 1.807) is 6.20 Å². The zero-order valence-corrected chi connectivity index (χ0v) is 17.3. The minimum absolute atomic E-state index is 0.337. The standard InChI is InChI=1S/C25H21FN6/c26-19-10-16(12-28-14-19)15-32-23(18-2-1-7-27-13-18)11-21-20(6-9-30-25(21)32)22-4-3-17-5-8-29-24(17)31-22/h2-6,8-12,14,27H,1,7,13,15H2,(H,29,31). The summed E-state index contributed by atoms with van der Waals surface area (Å²) in [5, 5.41) is 5.55. The lowest BCUT2D eigenvalue weighted by molar-refractivity contribution is 0.616. The molecule has 0 saturated heterocycles. The molecule has 2 N–H and O–H groups in total. The van der Waals surface area contributed by atoms with E-state index in [2.05, 4.69) is 38.1 Å². The first-order chi connectivity index (χ1) is 15.8. The molecule has 5 aromatic heterocycles. The maximum atomic E-state index is 13.8. The summed E-state index contributed by atoms with van der Waals surface area (Å²) in [7, 11) is 0. The Balaban J connectivity index is 1.55. The van der Waals surface area contributed by atoms with Gasteiger partial charge in [-0.2, -0.15) is 0 Å². The number of aromatic amines is 1. The molecule has 6 nitrogen and oxygen atoms in total. The van der Waals surface area contributed by atoms with Gasteiger partial charge in [0.25, 0.3) is 0 Å². The third-order valence-corrected chi connectivity index (χ3v) is 5.94. The molecule has 0 saturated carbocycles. The summed E-state index contributed by atoms with van der Waals surface area (Å²) >= 11 is 0. The van der Waals surface area contributed by atoms with E-state index < -0.39 is 0 Å². The van der Waals surface area contributed by atoms with E-state index in [1.807, 2.05) is 30.6 Å². The summed E-state index contributed by atoms with van der Waals surface area (Å²) in [5.74, 6) is -0.337. The van der Waals surface area contributed by atoms with E-state index in [9.17, 15) is 4.39 Å². The predicted octanol–water partition coefficient (Wildman–Crippen LogP) is 4.54. The Kier molecular flexibility index (Phi) is 4.54. The number of nitrogens with one attached hydrogen (secondary N) is 2. The van der Waals surface area contributed by atoms with Crippen LogP contribution < -0.4 is 5.32 Å². The highest BCUT2D eigenvalue weighted by Gasteiger charge is 2.19. The molecule has 0 spiro atoms. The second-order valence-electron chi connectivity index (χ2n) is 8.03. The van der Waals surface area contributed by atoms with Gasteiger partial charge < -0.3 is 14.9 Å². The van der Waals surface area contributed by atoms with E-state index in [4.69, 9.17) is 9.97 Å². The maximum Gasteiger partial charge on any atom is 0.141 e. The van der Waals surface area contributed by atoms with Crippen molar-refractivity contribution in [2.45, 2.75) is 13.0 Å². The average molecular weight is 424 g/mol.